The van der Waals surface area contributed by atoms with E-state index in [9.17, 15) is 9.59 Å². The molecule has 0 unspecified atom stereocenters. The Balaban J connectivity index is 2.20. The van der Waals surface area contributed by atoms with E-state index in [1.54, 1.807) is 42.5 Å². The number of nitrogens with one attached hydrogen (secondary N) is 2. The molecule has 0 saturated heterocycles. The third-order valence-corrected chi connectivity index (χ3v) is 3.95. The number of carbonyl (C=O) groups is 2. The summed E-state index contributed by atoms with van der Waals surface area (Å²) in [6.45, 7) is 3.98. The Morgan fingerprint density at radius 1 is 0.957 bits per heavy atom. The lowest BCUT2D eigenvalue weighted by Crippen LogP contribution is -2.26. The van der Waals surface area contributed by atoms with E-state index >= 15 is 0 Å². The van der Waals surface area contributed by atoms with Crippen LogP contribution in [0.3, 0.4) is 0 Å². The molecule has 4 nitrogen and oxygen atoms in total. The van der Waals surface area contributed by atoms with Crippen LogP contribution in [0.15, 0.2) is 64.1 Å². The first-order valence-electron chi connectivity index (χ1n) is 6.75. The lowest BCUT2D eigenvalue weighted by molar-refractivity contribution is 0.0958. The van der Waals surface area contributed by atoms with Gasteiger partial charge >= 0.3 is 0 Å². The van der Waals surface area contributed by atoms with Crippen molar-refractivity contribution in [3.05, 3.63) is 75.2 Å². The Kier molecular flexibility index (Phi) is 6.12. The molecule has 2 amide bonds. The Hall–Kier alpha value is -1.92. The molecular formula is C17H14Br2N2O2. The number of amides is 2. The molecule has 2 aromatic carbocycles. The molecule has 0 radical (unpaired) electrons. The quantitative estimate of drug-likeness (QED) is 0.730. The number of halogens is 2. The predicted octanol–water partition coefficient (Wildman–Crippen LogP) is 4.34. The highest BCUT2D eigenvalue weighted by Gasteiger charge is 2.15. The van der Waals surface area contributed by atoms with Crippen molar-refractivity contribution < 1.29 is 9.59 Å². The summed E-state index contributed by atoms with van der Waals surface area (Å²) in [7, 11) is 0. The molecule has 0 saturated carbocycles. The molecule has 23 heavy (non-hydrogen) atoms. The first kappa shape index (κ1) is 17.4. The number of anilines is 1. The van der Waals surface area contributed by atoms with Crippen LogP contribution in [0.2, 0.25) is 0 Å². The first-order chi connectivity index (χ1) is 11.0. The van der Waals surface area contributed by atoms with Crippen LogP contribution in [0.25, 0.3) is 0 Å². The van der Waals surface area contributed by atoms with Gasteiger partial charge in [0.15, 0.2) is 0 Å². The standard InChI is InChI=1S/C17H14Br2N2O2/c1-11(18)10-20-16(22)13-7-3-5-9-15(13)21-17(23)12-6-2-4-8-14(12)19/h2-9H,1,10H2,(H,20,22)(H,21,23). The maximum atomic E-state index is 12.4. The van der Waals surface area contributed by atoms with E-state index in [1.165, 1.54) is 0 Å². The Morgan fingerprint density at radius 3 is 2.22 bits per heavy atom. The summed E-state index contributed by atoms with van der Waals surface area (Å²) in [6.07, 6.45) is 0. The van der Waals surface area contributed by atoms with Gasteiger partial charge < -0.3 is 10.6 Å². The normalized spacial score (nSPS) is 10.0. The van der Waals surface area contributed by atoms with Crippen LogP contribution in [-0.2, 0) is 0 Å². The van der Waals surface area contributed by atoms with E-state index in [-0.39, 0.29) is 11.8 Å². The minimum absolute atomic E-state index is 0.284. The molecule has 0 fully saturated rings. The van der Waals surface area contributed by atoms with Gasteiger partial charge in [0, 0.05) is 15.5 Å². The Labute approximate surface area is 151 Å². The zero-order valence-corrected chi connectivity index (χ0v) is 15.3. The van der Waals surface area contributed by atoms with Gasteiger partial charge in [-0.15, -0.1) is 0 Å². The van der Waals surface area contributed by atoms with Gasteiger partial charge in [-0.05, 0) is 40.2 Å². The number of hydrogen-bond donors (Lipinski definition) is 2. The van der Waals surface area contributed by atoms with Gasteiger partial charge in [-0.25, -0.2) is 0 Å². The van der Waals surface area contributed by atoms with E-state index in [1.807, 2.05) is 6.07 Å². The van der Waals surface area contributed by atoms with E-state index in [0.29, 0.717) is 32.3 Å². The van der Waals surface area contributed by atoms with Gasteiger partial charge in [0.1, 0.15) is 0 Å². The lowest BCUT2D eigenvalue weighted by atomic mass is 10.1. The smallest absolute Gasteiger partial charge is 0.256 e. The van der Waals surface area contributed by atoms with Crippen molar-refractivity contribution in [3.8, 4) is 0 Å². The number of para-hydroxylation sites is 1. The molecule has 0 aromatic heterocycles. The van der Waals surface area contributed by atoms with Gasteiger partial charge in [0.25, 0.3) is 11.8 Å². The van der Waals surface area contributed by atoms with E-state index < -0.39 is 0 Å². The second-order valence-corrected chi connectivity index (χ2v) is 6.66. The number of rotatable bonds is 5. The molecule has 2 rings (SSSR count). The van der Waals surface area contributed by atoms with Crippen molar-refractivity contribution in [1.82, 2.24) is 5.32 Å². The predicted molar refractivity (Wildman–Crippen MR) is 98.9 cm³/mol. The average Bonchev–Trinajstić information content (AvgIpc) is 2.53. The second kappa shape index (κ2) is 8.08. The summed E-state index contributed by atoms with van der Waals surface area (Å²) in [4.78, 5) is 24.6. The molecule has 118 valence electrons. The highest BCUT2D eigenvalue weighted by atomic mass is 79.9. The second-order valence-electron chi connectivity index (χ2n) is 4.68. The molecule has 2 N–H and O–H groups in total. The van der Waals surface area contributed by atoms with Gasteiger partial charge in [-0.3, -0.25) is 9.59 Å². The maximum Gasteiger partial charge on any atom is 0.256 e. The van der Waals surface area contributed by atoms with Crippen molar-refractivity contribution in [1.29, 1.82) is 0 Å². The molecule has 0 aliphatic rings. The van der Waals surface area contributed by atoms with Crippen molar-refractivity contribution in [2.45, 2.75) is 0 Å². The van der Waals surface area contributed by atoms with Gasteiger partial charge in [-0.2, -0.15) is 0 Å². The van der Waals surface area contributed by atoms with E-state index in [0.717, 1.165) is 0 Å². The molecule has 0 heterocycles. The monoisotopic (exact) mass is 436 g/mol. The summed E-state index contributed by atoms with van der Waals surface area (Å²) in [5.41, 5.74) is 1.34. The molecule has 0 spiro atoms. The minimum atomic E-state index is -0.289. The third-order valence-electron chi connectivity index (χ3n) is 2.98. The maximum absolute atomic E-state index is 12.4. The van der Waals surface area contributed by atoms with Crippen LogP contribution in [0, 0.1) is 0 Å². The summed E-state index contributed by atoms with van der Waals surface area (Å²) >= 11 is 6.53. The van der Waals surface area contributed by atoms with Crippen LogP contribution in [0.1, 0.15) is 20.7 Å². The Morgan fingerprint density at radius 2 is 1.57 bits per heavy atom. The SMILES string of the molecule is C=C(Br)CNC(=O)c1ccccc1NC(=O)c1ccccc1Br. The van der Waals surface area contributed by atoms with Crippen LogP contribution < -0.4 is 10.6 Å². The molecule has 6 heteroatoms. The molecule has 0 atom stereocenters. The highest BCUT2D eigenvalue weighted by Crippen LogP contribution is 2.20. The highest BCUT2D eigenvalue weighted by molar-refractivity contribution is 9.11. The van der Waals surface area contributed by atoms with Gasteiger partial charge in [0.05, 0.1) is 16.8 Å². The van der Waals surface area contributed by atoms with Crippen molar-refractivity contribution in [3.63, 3.8) is 0 Å². The fourth-order valence-electron chi connectivity index (χ4n) is 1.90. The summed E-state index contributed by atoms with van der Waals surface area (Å²) in [5.74, 6) is -0.573. The fourth-order valence-corrected chi connectivity index (χ4v) is 2.50. The zero-order valence-electron chi connectivity index (χ0n) is 12.1. The molecule has 0 bridgehead atoms. The van der Waals surface area contributed by atoms with Crippen LogP contribution >= 0.6 is 31.9 Å². The molecular weight excluding hydrogens is 424 g/mol. The molecule has 0 aliphatic carbocycles. The first-order valence-corrected chi connectivity index (χ1v) is 8.34. The summed E-state index contributed by atoms with van der Waals surface area (Å²) in [6, 6.07) is 13.9. The Bertz CT molecular complexity index is 760. The number of hydrogen-bond acceptors (Lipinski definition) is 2. The molecule has 2 aromatic rings. The van der Waals surface area contributed by atoms with Crippen LogP contribution in [0.5, 0.6) is 0 Å². The van der Waals surface area contributed by atoms with Crippen LogP contribution in [-0.4, -0.2) is 18.4 Å². The molecule has 0 aliphatic heterocycles. The topological polar surface area (TPSA) is 58.2 Å². The van der Waals surface area contributed by atoms with Crippen molar-refractivity contribution in [2.75, 3.05) is 11.9 Å². The largest absolute Gasteiger partial charge is 0.347 e. The third kappa shape index (κ3) is 4.77. The fraction of sp³-hybridized carbons (Fsp3) is 0.0588. The zero-order chi connectivity index (χ0) is 16.8. The van der Waals surface area contributed by atoms with Crippen molar-refractivity contribution in [2.24, 2.45) is 0 Å². The summed E-state index contributed by atoms with van der Waals surface area (Å²) < 4.78 is 1.36. The van der Waals surface area contributed by atoms with Crippen molar-refractivity contribution >= 4 is 49.4 Å². The number of carbonyl (C=O) groups excluding carboxylic acids is 2. The van der Waals surface area contributed by atoms with Gasteiger partial charge in [0.2, 0.25) is 0 Å². The summed E-state index contributed by atoms with van der Waals surface area (Å²) in [5, 5.41) is 5.49. The average molecular weight is 438 g/mol. The van der Waals surface area contributed by atoms with Crippen LogP contribution in [0.4, 0.5) is 5.69 Å². The van der Waals surface area contributed by atoms with Gasteiger partial charge in [-0.1, -0.05) is 46.8 Å². The van der Waals surface area contributed by atoms with E-state index in [4.69, 9.17) is 0 Å². The van der Waals surface area contributed by atoms with E-state index in [2.05, 4.69) is 49.1 Å². The number of benzene rings is 2. The lowest BCUT2D eigenvalue weighted by Gasteiger charge is -2.12. The minimum Gasteiger partial charge on any atom is -0.347 e.